The highest BCUT2D eigenvalue weighted by molar-refractivity contribution is 6.87. The Labute approximate surface area is 143 Å². The molecular formula is C16H52O2Si3. The Morgan fingerprint density at radius 1 is 0.524 bits per heavy atom. The maximum atomic E-state index is 6.30. The number of hydrogen-bond acceptors (Lipinski definition) is 2. The van der Waals surface area contributed by atoms with Crippen molar-refractivity contribution in [3.8, 4) is 0 Å². The van der Waals surface area contributed by atoms with Gasteiger partial charge in [-0.25, -0.2) is 0 Å². The van der Waals surface area contributed by atoms with Gasteiger partial charge in [0.1, 0.15) is 0 Å². The van der Waals surface area contributed by atoms with E-state index in [1.54, 1.807) is 0 Å². The average Bonchev–Trinajstić information content (AvgIpc) is 2.00. The summed E-state index contributed by atoms with van der Waals surface area (Å²) in [6.07, 6.45) is 0. The van der Waals surface area contributed by atoms with Gasteiger partial charge in [-0.1, -0.05) is 58.4 Å². The van der Waals surface area contributed by atoms with E-state index in [0.717, 1.165) is 0 Å². The van der Waals surface area contributed by atoms with Crippen molar-refractivity contribution >= 4 is 25.2 Å². The van der Waals surface area contributed by atoms with Gasteiger partial charge in [0, 0.05) is 0 Å². The molecule has 0 amide bonds. The van der Waals surface area contributed by atoms with Crippen LogP contribution < -0.4 is 0 Å². The van der Waals surface area contributed by atoms with Gasteiger partial charge in [0.2, 0.25) is 0 Å². The molecular weight excluding hydrogens is 308 g/mol. The summed E-state index contributed by atoms with van der Waals surface area (Å²) in [6, 6.07) is 2.34. The van der Waals surface area contributed by atoms with Gasteiger partial charge in [0.05, 0.1) is 0 Å². The minimum absolute atomic E-state index is 0. The fourth-order valence-corrected chi connectivity index (χ4v) is 13.8. The van der Waals surface area contributed by atoms with Crippen LogP contribution in [-0.2, 0) is 8.23 Å². The van der Waals surface area contributed by atoms with Crippen molar-refractivity contribution in [3.63, 3.8) is 0 Å². The quantitative estimate of drug-likeness (QED) is 0.447. The van der Waals surface area contributed by atoms with Crippen LogP contribution in [0.3, 0.4) is 0 Å². The second kappa shape index (κ2) is 15.5. The van der Waals surface area contributed by atoms with Crippen LogP contribution in [0.5, 0.6) is 0 Å². The molecule has 0 atom stereocenters. The molecule has 0 aromatic heterocycles. The molecule has 0 saturated carbocycles. The normalized spacial score (nSPS) is 10.3. The minimum Gasteiger partial charge on any atom is -0.437 e. The molecule has 0 aliphatic rings. The van der Waals surface area contributed by atoms with Crippen molar-refractivity contribution in [2.75, 3.05) is 0 Å². The van der Waals surface area contributed by atoms with Crippen LogP contribution in [-0.4, -0.2) is 25.2 Å². The monoisotopic (exact) mass is 360 g/mol. The first-order chi connectivity index (χ1) is 6.54. The summed E-state index contributed by atoms with van der Waals surface area (Å²) in [5.41, 5.74) is 0. The van der Waals surface area contributed by atoms with Crippen molar-refractivity contribution in [1.82, 2.24) is 0 Å². The first-order valence-corrected chi connectivity index (χ1v) is 15.0. The summed E-state index contributed by atoms with van der Waals surface area (Å²) >= 11 is 0. The maximum absolute atomic E-state index is 6.30. The zero-order valence-electron chi connectivity index (χ0n) is 11.7. The Hall–Kier alpha value is 0.571. The van der Waals surface area contributed by atoms with E-state index in [-0.39, 0.29) is 44.6 Å². The molecule has 0 rings (SSSR count). The Kier molecular flexibility index (Phi) is 31.7. The lowest BCUT2D eigenvalue weighted by molar-refractivity contribution is 0.390. The Balaban J connectivity index is -0.0000000653. The molecule has 0 radical (unpaired) electrons. The van der Waals surface area contributed by atoms with Gasteiger partial charge < -0.3 is 8.23 Å². The molecule has 140 valence electrons. The van der Waals surface area contributed by atoms with Crippen LogP contribution in [0.2, 0.25) is 51.4 Å². The van der Waals surface area contributed by atoms with Gasteiger partial charge in [0.25, 0.3) is 0 Å². The Bertz CT molecular complexity index is 186. The highest BCUT2D eigenvalue weighted by atomic mass is 28.5. The third-order valence-corrected chi connectivity index (χ3v) is 14.5. The van der Waals surface area contributed by atoms with E-state index < -0.39 is 25.2 Å². The van der Waals surface area contributed by atoms with Gasteiger partial charge in [-0.2, -0.15) is 0 Å². The molecule has 0 saturated heterocycles. The van der Waals surface area contributed by atoms with Crippen LogP contribution in [0.25, 0.3) is 0 Å². The fraction of sp³-hybridized carbons (Fsp3) is 1.00. The van der Waals surface area contributed by atoms with E-state index >= 15 is 0 Å². The SMILES string of the molecule is C.C.C.C.C.C.CC[Si](C)(C)O[Si](C)(C)O[Si](C)(C)CC. The van der Waals surface area contributed by atoms with Gasteiger partial charge in [-0.15, -0.1) is 0 Å². The van der Waals surface area contributed by atoms with Crippen molar-refractivity contribution in [3.05, 3.63) is 0 Å². The lowest BCUT2D eigenvalue weighted by Gasteiger charge is -2.38. The number of rotatable bonds is 6. The highest BCUT2D eigenvalue weighted by Crippen LogP contribution is 2.23. The van der Waals surface area contributed by atoms with Crippen molar-refractivity contribution in [2.24, 2.45) is 0 Å². The minimum atomic E-state index is -1.89. The van der Waals surface area contributed by atoms with Crippen LogP contribution in [0.15, 0.2) is 0 Å². The van der Waals surface area contributed by atoms with Gasteiger partial charge in [0.15, 0.2) is 16.6 Å². The van der Waals surface area contributed by atoms with Crippen LogP contribution in [0.4, 0.5) is 0 Å². The summed E-state index contributed by atoms with van der Waals surface area (Å²) in [7, 11) is -4.83. The molecule has 0 aromatic rings. The average molecular weight is 361 g/mol. The molecule has 21 heavy (non-hydrogen) atoms. The molecule has 0 N–H and O–H groups in total. The van der Waals surface area contributed by atoms with Gasteiger partial charge >= 0.3 is 8.56 Å². The van der Waals surface area contributed by atoms with E-state index in [1.807, 2.05) is 0 Å². The highest BCUT2D eigenvalue weighted by Gasteiger charge is 2.37. The number of hydrogen-bond donors (Lipinski definition) is 0. The lowest BCUT2D eigenvalue weighted by atomic mass is 11.0. The third kappa shape index (κ3) is 20.6. The van der Waals surface area contributed by atoms with Gasteiger partial charge in [-0.3, -0.25) is 0 Å². The molecule has 0 unspecified atom stereocenters. The van der Waals surface area contributed by atoms with Crippen molar-refractivity contribution in [1.29, 1.82) is 0 Å². The second-order valence-corrected chi connectivity index (χ2v) is 18.7. The van der Waals surface area contributed by atoms with E-state index in [2.05, 4.69) is 53.1 Å². The zero-order chi connectivity index (χ0) is 12.3. The maximum Gasteiger partial charge on any atom is 0.311 e. The Morgan fingerprint density at radius 2 is 0.714 bits per heavy atom. The molecule has 0 heterocycles. The second-order valence-electron chi connectivity index (χ2n) is 5.83. The van der Waals surface area contributed by atoms with E-state index in [9.17, 15) is 0 Å². The molecule has 0 bridgehead atoms. The summed E-state index contributed by atoms with van der Waals surface area (Å²) in [5.74, 6) is 0. The van der Waals surface area contributed by atoms with Crippen LogP contribution >= 0.6 is 0 Å². The van der Waals surface area contributed by atoms with Crippen LogP contribution in [0, 0.1) is 0 Å². The first-order valence-electron chi connectivity index (χ1n) is 5.94. The van der Waals surface area contributed by atoms with Crippen molar-refractivity contribution < 1.29 is 8.23 Å². The smallest absolute Gasteiger partial charge is 0.311 e. The van der Waals surface area contributed by atoms with Crippen LogP contribution in [0.1, 0.15) is 58.4 Å². The predicted octanol–water partition coefficient (Wildman–Crippen LogP) is 7.99. The van der Waals surface area contributed by atoms with Crippen molar-refractivity contribution in [2.45, 2.75) is 110 Å². The molecule has 0 fully saturated rings. The fourth-order valence-electron chi connectivity index (χ4n) is 1.50. The molecule has 5 heteroatoms. The lowest BCUT2D eigenvalue weighted by Crippen LogP contribution is -2.51. The summed E-state index contributed by atoms with van der Waals surface area (Å²) < 4.78 is 12.6. The van der Waals surface area contributed by atoms with E-state index in [4.69, 9.17) is 8.23 Å². The standard InChI is InChI=1S/C10H28O2Si3.6CH4/c1-9-13(3,4)11-15(7,8)12-14(5,6)10-2;;;;;;/h9-10H2,1-8H3;6*1H4. The third-order valence-electron chi connectivity index (χ3n) is 2.75. The van der Waals surface area contributed by atoms with E-state index in [0.29, 0.717) is 0 Å². The largest absolute Gasteiger partial charge is 0.437 e. The summed E-state index contributed by atoms with van der Waals surface area (Å²) in [6.45, 7) is 18.0. The van der Waals surface area contributed by atoms with Gasteiger partial charge in [-0.05, 0) is 51.4 Å². The zero-order valence-corrected chi connectivity index (χ0v) is 14.7. The van der Waals surface area contributed by atoms with E-state index in [1.165, 1.54) is 12.1 Å². The summed E-state index contributed by atoms with van der Waals surface area (Å²) in [4.78, 5) is 0. The molecule has 0 spiro atoms. The molecule has 0 aromatic carbocycles. The molecule has 0 aliphatic carbocycles. The predicted molar refractivity (Wildman–Crippen MR) is 116 cm³/mol. The first kappa shape index (κ1) is 43.0. The molecule has 0 aliphatic heterocycles. The summed E-state index contributed by atoms with van der Waals surface area (Å²) in [5, 5.41) is 0. The topological polar surface area (TPSA) is 18.5 Å². The molecule has 2 nitrogen and oxygen atoms in total. The Morgan fingerprint density at radius 3 is 0.857 bits per heavy atom.